The van der Waals surface area contributed by atoms with Crippen molar-refractivity contribution in [1.82, 2.24) is 0 Å². The number of benzene rings is 1. The molecule has 0 aliphatic rings. The Morgan fingerprint density at radius 1 is 1.27 bits per heavy atom. The quantitative estimate of drug-likeness (QED) is 0.785. The van der Waals surface area contributed by atoms with E-state index in [0.717, 1.165) is 23.5 Å². The van der Waals surface area contributed by atoms with Gasteiger partial charge in [0.25, 0.3) is 0 Å². The standard InChI is InChI=1S/C12H12ClNO/c1-2-9-4-6-12(15-9)8-3-5-11(14)10(13)7-8/h3-7H,2,14H2,1H3. The van der Waals surface area contributed by atoms with Crippen LogP contribution in [0, 0.1) is 0 Å². The molecule has 0 radical (unpaired) electrons. The molecule has 0 saturated heterocycles. The van der Waals surface area contributed by atoms with Gasteiger partial charge in [0.05, 0.1) is 10.7 Å². The summed E-state index contributed by atoms with van der Waals surface area (Å²) in [7, 11) is 0. The molecule has 2 aromatic rings. The van der Waals surface area contributed by atoms with E-state index in [4.69, 9.17) is 21.8 Å². The van der Waals surface area contributed by atoms with Crippen molar-refractivity contribution in [2.45, 2.75) is 13.3 Å². The summed E-state index contributed by atoms with van der Waals surface area (Å²) in [4.78, 5) is 0. The highest BCUT2D eigenvalue weighted by molar-refractivity contribution is 6.33. The zero-order chi connectivity index (χ0) is 10.8. The van der Waals surface area contributed by atoms with Crippen LogP contribution in [0.3, 0.4) is 0 Å². The molecule has 2 N–H and O–H groups in total. The second kappa shape index (κ2) is 3.99. The van der Waals surface area contributed by atoms with Crippen molar-refractivity contribution in [3.05, 3.63) is 41.1 Å². The van der Waals surface area contributed by atoms with Gasteiger partial charge in [-0.15, -0.1) is 0 Å². The van der Waals surface area contributed by atoms with Crippen molar-refractivity contribution in [2.75, 3.05) is 5.73 Å². The number of aryl methyl sites for hydroxylation is 1. The first-order valence-electron chi connectivity index (χ1n) is 4.85. The van der Waals surface area contributed by atoms with E-state index in [2.05, 4.69) is 6.92 Å². The van der Waals surface area contributed by atoms with E-state index in [1.807, 2.05) is 24.3 Å². The molecule has 2 rings (SSSR count). The molecule has 0 unspecified atom stereocenters. The van der Waals surface area contributed by atoms with E-state index in [1.54, 1.807) is 6.07 Å². The van der Waals surface area contributed by atoms with Crippen molar-refractivity contribution in [2.24, 2.45) is 0 Å². The fourth-order valence-corrected chi connectivity index (χ4v) is 1.58. The Labute approximate surface area is 93.7 Å². The maximum Gasteiger partial charge on any atom is 0.134 e. The average molecular weight is 222 g/mol. The van der Waals surface area contributed by atoms with Crippen LogP contribution in [0.2, 0.25) is 5.02 Å². The van der Waals surface area contributed by atoms with Crippen LogP contribution in [0.25, 0.3) is 11.3 Å². The average Bonchev–Trinajstić information content (AvgIpc) is 2.70. The van der Waals surface area contributed by atoms with Gasteiger partial charge in [-0.1, -0.05) is 18.5 Å². The van der Waals surface area contributed by atoms with E-state index in [9.17, 15) is 0 Å². The SMILES string of the molecule is CCc1ccc(-c2ccc(N)c(Cl)c2)o1. The monoisotopic (exact) mass is 221 g/mol. The summed E-state index contributed by atoms with van der Waals surface area (Å²) in [6.45, 7) is 2.05. The summed E-state index contributed by atoms with van der Waals surface area (Å²) in [5, 5.41) is 0.557. The molecule has 0 atom stereocenters. The van der Waals surface area contributed by atoms with Crippen molar-refractivity contribution in [1.29, 1.82) is 0 Å². The van der Waals surface area contributed by atoms with Crippen molar-refractivity contribution in [3.63, 3.8) is 0 Å². The molecule has 1 aromatic heterocycles. The van der Waals surface area contributed by atoms with Crippen LogP contribution in [-0.2, 0) is 6.42 Å². The van der Waals surface area contributed by atoms with Gasteiger partial charge in [-0.25, -0.2) is 0 Å². The largest absolute Gasteiger partial charge is 0.461 e. The molecule has 0 aliphatic heterocycles. The maximum absolute atomic E-state index is 5.94. The van der Waals surface area contributed by atoms with Gasteiger partial charge in [0, 0.05) is 12.0 Å². The Bertz CT molecular complexity index is 476. The first kappa shape index (κ1) is 10.1. The Morgan fingerprint density at radius 2 is 2.07 bits per heavy atom. The second-order valence-corrected chi connectivity index (χ2v) is 3.76. The maximum atomic E-state index is 5.94. The lowest BCUT2D eigenvalue weighted by molar-refractivity contribution is 0.529. The van der Waals surface area contributed by atoms with Crippen LogP contribution in [0.5, 0.6) is 0 Å². The molecule has 0 spiro atoms. The van der Waals surface area contributed by atoms with E-state index < -0.39 is 0 Å². The Balaban J connectivity index is 2.40. The Kier molecular flexibility index (Phi) is 2.69. The minimum atomic E-state index is 0.557. The highest BCUT2D eigenvalue weighted by Gasteiger charge is 2.05. The predicted molar refractivity (Wildman–Crippen MR) is 62.9 cm³/mol. The molecular weight excluding hydrogens is 210 g/mol. The smallest absolute Gasteiger partial charge is 0.134 e. The minimum Gasteiger partial charge on any atom is -0.461 e. The third-order valence-electron chi connectivity index (χ3n) is 2.30. The number of furan rings is 1. The van der Waals surface area contributed by atoms with E-state index >= 15 is 0 Å². The van der Waals surface area contributed by atoms with Crippen LogP contribution in [0.15, 0.2) is 34.7 Å². The van der Waals surface area contributed by atoms with Gasteiger partial charge >= 0.3 is 0 Å². The summed E-state index contributed by atoms with van der Waals surface area (Å²) in [6, 6.07) is 9.42. The summed E-state index contributed by atoms with van der Waals surface area (Å²) < 4.78 is 5.61. The van der Waals surface area contributed by atoms with Crippen molar-refractivity contribution < 1.29 is 4.42 Å². The van der Waals surface area contributed by atoms with Crippen molar-refractivity contribution in [3.8, 4) is 11.3 Å². The molecule has 15 heavy (non-hydrogen) atoms. The number of halogens is 1. The van der Waals surface area contributed by atoms with Gasteiger partial charge in [-0.2, -0.15) is 0 Å². The summed E-state index contributed by atoms with van der Waals surface area (Å²) in [6.07, 6.45) is 0.892. The molecule has 0 aliphatic carbocycles. The van der Waals surface area contributed by atoms with Gasteiger partial charge in [0.15, 0.2) is 0 Å². The van der Waals surface area contributed by atoms with E-state index in [-0.39, 0.29) is 0 Å². The first-order valence-corrected chi connectivity index (χ1v) is 5.22. The van der Waals surface area contributed by atoms with Crippen LogP contribution in [0.4, 0.5) is 5.69 Å². The molecule has 1 aromatic carbocycles. The number of hydrogen-bond donors (Lipinski definition) is 1. The first-order chi connectivity index (χ1) is 7.20. The van der Waals surface area contributed by atoms with Gasteiger partial charge in [0.2, 0.25) is 0 Å². The third-order valence-corrected chi connectivity index (χ3v) is 2.62. The number of anilines is 1. The summed E-state index contributed by atoms with van der Waals surface area (Å²) >= 11 is 5.94. The molecule has 0 amide bonds. The number of nitrogens with two attached hydrogens (primary N) is 1. The fourth-order valence-electron chi connectivity index (χ4n) is 1.40. The molecule has 78 valence electrons. The molecular formula is C12H12ClNO. The summed E-state index contributed by atoms with van der Waals surface area (Å²) in [5.74, 6) is 1.80. The lowest BCUT2D eigenvalue weighted by atomic mass is 10.1. The summed E-state index contributed by atoms with van der Waals surface area (Å²) in [5.41, 5.74) is 7.17. The number of hydrogen-bond acceptors (Lipinski definition) is 2. The van der Waals surface area contributed by atoms with Crippen LogP contribution in [0.1, 0.15) is 12.7 Å². The highest BCUT2D eigenvalue weighted by atomic mass is 35.5. The van der Waals surface area contributed by atoms with Crippen LogP contribution >= 0.6 is 11.6 Å². The number of rotatable bonds is 2. The Hall–Kier alpha value is -1.41. The predicted octanol–water partition coefficient (Wildman–Crippen LogP) is 3.74. The van der Waals surface area contributed by atoms with Crippen molar-refractivity contribution >= 4 is 17.3 Å². The van der Waals surface area contributed by atoms with Gasteiger partial charge < -0.3 is 10.2 Å². The van der Waals surface area contributed by atoms with E-state index in [1.165, 1.54) is 0 Å². The fraction of sp³-hybridized carbons (Fsp3) is 0.167. The topological polar surface area (TPSA) is 39.2 Å². The van der Waals surface area contributed by atoms with Crippen LogP contribution in [-0.4, -0.2) is 0 Å². The second-order valence-electron chi connectivity index (χ2n) is 3.36. The third kappa shape index (κ3) is 2.00. The van der Waals surface area contributed by atoms with E-state index in [0.29, 0.717) is 10.7 Å². The molecule has 0 bridgehead atoms. The van der Waals surface area contributed by atoms with Crippen LogP contribution < -0.4 is 5.73 Å². The Morgan fingerprint density at radius 3 is 2.67 bits per heavy atom. The zero-order valence-electron chi connectivity index (χ0n) is 8.46. The highest BCUT2D eigenvalue weighted by Crippen LogP contribution is 2.28. The number of nitrogen functional groups attached to an aromatic ring is 1. The van der Waals surface area contributed by atoms with Gasteiger partial charge in [-0.3, -0.25) is 0 Å². The molecule has 3 heteroatoms. The van der Waals surface area contributed by atoms with Gasteiger partial charge in [-0.05, 0) is 30.3 Å². The lowest BCUT2D eigenvalue weighted by Gasteiger charge is -2.00. The molecule has 2 nitrogen and oxygen atoms in total. The molecule has 0 saturated carbocycles. The molecule has 1 heterocycles. The normalized spacial score (nSPS) is 10.5. The minimum absolute atomic E-state index is 0.557. The zero-order valence-corrected chi connectivity index (χ0v) is 9.21. The lowest BCUT2D eigenvalue weighted by Crippen LogP contribution is -1.85. The van der Waals surface area contributed by atoms with Gasteiger partial charge in [0.1, 0.15) is 11.5 Å². The molecule has 0 fully saturated rings.